The zero-order valence-corrected chi connectivity index (χ0v) is 23.1. The van der Waals surface area contributed by atoms with Crippen molar-refractivity contribution < 1.29 is 32.6 Å². The van der Waals surface area contributed by atoms with Crippen molar-refractivity contribution in [3.63, 3.8) is 0 Å². The Morgan fingerprint density at radius 3 is 2.07 bits per heavy atom. The predicted octanol–water partition coefficient (Wildman–Crippen LogP) is 8.71. The van der Waals surface area contributed by atoms with E-state index >= 15 is 0 Å². The van der Waals surface area contributed by atoms with Gasteiger partial charge in [0.2, 0.25) is 0 Å². The SMILES string of the molecule is CC(C)Oc1ccc(-n2c(C(=O)O)c(NC(=O)c3ccc(Cl)cc3)c3cc(-c4ccc(C(F)(F)F)cc4)ccc32)cc1. The second-order valence-electron chi connectivity index (χ2n) is 9.79. The number of carboxylic acid groups (broad SMARTS) is 1. The number of benzene rings is 4. The molecular weight excluding hydrogens is 569 g/mol. The molecule has 0 atom stereocenters. The molecule has 42 heavy (non-hydrogen) atoms. The molecule has 0 aliphatic carbocycles. The number of amides is 1. The minimum absolute atomic E-state index is 0.0359. The van der Waals surface area contributed by atoms with Crippen LogP contribution in [0.4, 0.5) is 18.9 Å². The van der Waals surface area contributed by atoms with E-state index in [0.717, 1.165) is 12.1 Å². The van der Waals surface area contributed by atoms with Gasteiger partial charge in [0.05, 0.1) is 22.9 Å². The summed E-state index contributed by atoms with van der Waals surface area (Å²) in [5, 5.41) is 13.9. The number of hydrogen-bond acceptors (Lipinski definition) is 3. The molecular formula is C32H24ClF3N2O4. The molecule has 0 bridgehead atoms. The molecule has 5 aromatic rings. The van der Waals surface area contributed by atoms with E-state index in [0.29, 0.717) is 38.5 Å². The summed E-state index contributed by atoms with van der Waals surface area (Å²) in [5.41, 5.74) is 1.30. The average molecular weight is 593 g/mol. The van der Waals surface area contributed by atoms with Crippen molar-refractivity contribution >= 4 is 40.1 Å². The Bertz CT molecular complexity index is 1780. The summed E-state index contributed by atoms with van der Waals surface area (Å²) in [4.78, 5) is 26.0. The molecule has 1 aromatic heterocycles. The van der Waals surface area contributed by atoms with Gasteiger partial charge in [-0.3, -0.25) is 4.79 Å². The van der Waals surface area contributed by atoms with Gasteiger partial charge in [0.15, 0.2) is 5.69 Å². The zero-order valence-electron chi connectivity index (χ0n) is 22.4. The minimum atomic E-state index is -4.48. The maximum atomic E-state index is 13.2. The number of ether oxygens (including phenoxy) is 1. The van der Waals surface area contributed by atoms with Crippen LogP contribution in [0.15, 0.2) is 91.0 Å². The Balaban J connectivity index is 1.69. The molecule has 0 radical (unpaired) electrons. The van der Waals surface area contributed by atoms with Crippen molar-refractivity contribution in [3.05, 3.63) is 113 Å². The lowest BCUT2D eigenvalue weighted by Gasteiger charge is -2.13. The van der Waals surface area contributed by atoms with Gasteiger partial charge in [-0.05, 0) is 97.8 Å². The Labute approximate surface area is 243 Å². The summed E-state index contributed by atoms with van der Waals surface area (Å²) < 4.78 is 46.6. The molecule has 0 saturated heterocycles. The molecule has 0 spiro atoms. The van der Waals surface area contributed by atoms with Crippen molar-refractivity contribution in [1.82, 2.24) is 4.57 Å². The number of carbonyl (C=O) groups is 2. The largest absolute Gasteiger partial charge is 0.491 e. The third-order valence-electron chi connectivity index (χ3n) is 6.53. The molecule has 1 heterocycles. The number of carbonyl (C=O) groups excluding carboxylic acids is 1. The van der Waals surface area contributed by atoms with Gasteiger partial charge in [0, 0.05) is 21.7 Å². The smallest absolute Gasteiger partial charge is 0.416 e. The van der Waals surface area contributed by atoms with Crippen LogP contribution in [0.2, 0.25) is 5.02 Å². The van der Waals surface area contributed by atoms with Crippen LogP contribution in [-0.4, -0.2) is 27.7 Å². The number of anilines is 1. The molecule has 2 N–H and O–H groups in total. The molecule has 1 amide bonds. The van der Waals surface area contributed by atoms with E-state index in [4.69, 9.17) is 16.3 Å². The van der Waals surface area contributed by atoms with E-state index in [1.54, 1.807) is 54.6 Å². The molecule has 5 rings (SSSR count). The van der Waals surface area contributed by atoms with E-state index in [-0.39, 0.29) is 23.0 Å². The molecule has 0 fully saturated rings. The van der Waals surface area contributed by atoms with Gasteiger partial charge in [-0.25, -0.2) is 4.79 Å². The van der Waals surface area contributed by atoms with Crippen LogP contribution in [0.3, 0.4) is 0 Å². The van der Waals surface area contributed by atoms with Crippen molar-refractivity contribution in [1.29, 1.82) is 0 Å². The molecule has 0 saturated carbocycles. The summed E-state index contributed by atoms with van der Waals surface area (Å²) in [6.45, 7) is 3.78. The number of alkyl halides is 3. The summed E-state index contributed by atoms with van der Waals surface area (Å²) in [6.07, 6.45) is -4.54. The summed E-state index contributed by atoms with van der Waals surface area (Å²) in [5.74, 6) is -1.26. The number of nitrogens with one attached hydrogen (secondary N) is 1. The third kappa shape index (κ3) is 5.82. The highest BCUT2D eigenvalue weighted by Gasteiger charge is 2.30. The lowest BCUT2D eigenvalue weighted by molar-refractivity contribution is -0.137. The number of aromatic nitrogens is 1. The number of aromatic carboxylic acids is 1. The van der Waals surface area contributed by atoms with E-state index < -0.39 is 23.6 Å². The van der Waals surface area contributed by atoms with E-state index in [2.05, 4.69) is 5.32 Å². The van der Waals surface area contributed by atoms with Crippen LogP contribution in [0.25, 0.3) is 27.7 Å². The zero-order chi connectivity index (χ0) is 30.2. The highest BCUT2D eigenvalue weighted by Crippen LogP contribution is 2.38. The maximum absolute atomic E-state index is 13.2. The van der Waals surface area contributed by atoms with Crippen LogP contribution in [-0.2, 0) is 6.18 Å². The highest BCUT2D eigenvalue weighted by atomic mass is 35.5. The van der Waals surface area contributed by atoms with Gasteiger partial charge in [-0.1, -0.05) is 29.8 Å². The normalized spacial score (nSPS) is 11.6. The number of halogens is 4. The van der Waals surface area contributed by atoms with Crippen molar-refractivity contribution in [2.75, 3.05) is 5.32 Å². The third-order valence-corrected chi connectivity index (χ3v) is 6.78. The fourth-order valence-electron chi connectivity index (χ4n) is 4.65. The summed E-state index contributed by atoms with van der Waals surface area (Å²) in [6, 6.07) is 22.6. The Morgan fingerprint density at radius 1 is 0.881 bits per heavy atom. The summed E-state index contributed by atoms with van der Waals surface area (Å²) >= 11 is 5.96. The first kappa shape index (κ1) is 28.8. The van der Waals surface area contributed by atoms with Gasteiger partial charge in [0.25, 0.3) is 5.91 Å². The number of rotatable bonds is 7. The highest BCUT2D eigenvalue weighted by molar-refractivity contribution is 6.30. The van der Waals surface area contributed by atoms with E-state index in [1.807, 2.05) is 13.8 Å². The van der Waals surface area contributed by atoms with Crippen LogP contribution in [0, 0.1) is 0 Å². The molecule has 0 unspecified atom stereocenters. The second kappa shape index (κ2) is 11.3. The van der Waals surface area contributed by atoms with Crippen molar-refractivity contribution in [2.24, 2.45) is 0 Å². The fourth-order valence-corrected chi connectivity index (χ4v) is 4.78. The average Bonchev–Trinajstić information content (AvgIpc) is 3.26. The van der Waals surface area contributed by atoms with Crippen LogP contribution in [0.5, 0.6) is 5.75 Å². The number of carboxylic acids is 1. The van der Waals surface area contributed by atoms with Crippen molar-refractivity contribution in [3.8, 4) is 22.6 Å². The Hall–Kier alpha value is -4.76. The molecule has 10 heteroatoms. The van der Waals surface area contributed by atoms with Crippen molar-refractivity contribution in [2.45, 2.75) is 26.1 Å². The lowest BCUT2D eigenvalue weighted by Crippen LogP contribution is -2.16. The van der Waals surface area contributed by atoms with Crippen LogP contribution < -0.4 is 10.1 Å². The Morgan fingerprint density at radius 2 is 1.50 bits per heavy atom. The van der Waals surface area contributed by atoms with Gasteiger partial charge in [0.1, 0.15) is 5.75 Å². The number of hydrogen-bond donors (Lipinski definition) is 2. The molecule has 4 aromatic carbocycles. The van der Waals surface area contributed by atoms with Gasteiger partial charge >= 0.3 is 12.1 Å². The standard InChI is InChI=1S/C32H24ClF3N2O4/c1-18(2)42-25-14-12-24(13-15-25)38-27-16-7-21(19-3-8-22(9-4-19)32(34,35)36)17-26(27)28(29(38)31(40)41)37-30(39)20-5-10-23(33)11-6-20/h3-18H,1-2H3,(H,37,39)(H,40,41). The molecule has 214 valence electrons. The molecule has 0 aliphatic heterocycles. The fraction of sp³-hybridized carbons (Fsp3) is 0.125. The number of nitrogens with zero attached hydrogens (tertiary/aromatic N) is 1. The first-order chi connectivity index (χ1) is 19.9. The van der Waals surface area contributed by atoms with Gasteiger partial charge in [-0.2, -0.15) is 13.2 Å². The van der Waals surface area contributed by atoms with Gasteiger partial charge < -0.3 is 19.7 Å². The quantitative estimate of drug-likeness (QED) is 0.198. The number of fused-ring (bicyclic) bond motifs is 1. The second-order valence-corrected chi connectivity index (χ2v) is 10.2. The van der Waals surface area contributed by atoms with Gasteiger partial charge in [-0.15, -0.1) is 0 Å². The molecule has 6 nitrogen and oxygen atoms in total. The lowest BCUT2D eigenvalue weighted by atomic mass is 10.0. The Kier molecular flexibility index (Phi) is 7.71. The monoisotopic (exact) mass is 592 g/mol. The van der Waals surface area contributed by atoms with E-state index in [1.165, 1.54) is 28.8 Å². The first-order valence-electron chi connectivity index (χ1n) is 12.9. The predicted molar refractivity (Wildman–Crippen MR) is 156 cm³/mol. The van der Waals surface area contributed by atoms with E-state index in [9.17, 15) is 27.9 Å². The molecule has 0 aliphatic rings. The minimum Gasteiger partial charge on any atom is -0.491 e. The summed E-state index contributed by atoms with van der Waals surface area (Å²) in [7, 11) is 0. The van der Waals surface area contributed by atoms with Crippen LogP contribution >= 0.6 is 11.6 Å². The topological polar surface area (TPSA) is 80.6 Å². The van der Waals surface area contributed by atoms with Crippen LogP contribution in [0.1, 0.15) is 40.3 Å². The first-order valence-corrected chi connectivity index (χ1v) is 13.2. The maximum Gasteiger partial charge on any atom is 0.416 e.